The van der Waals surface area contributed by atoms with Gasteiger partial charge < -0.3 is 25.4 Å². The summed E-state index contributed by atoms with van der Waals surface area (Å²) in [6.07, 6.45) is -0.824. The second kappa shape index (κ2) is 11.3. The van der Waals surface area contributed by atoms with Gasteiger partial charge >= 0.3 is 6.61 Å². The van der Waals surface area contributed by atoms with Crippen LogP contribution in [0.4, 0.5) is 14.5 Å². The van der Waals surface area contributed by atoms with E-state index in [9.17, 15) is 13.9 Å². The molecule has 2 rings (SSSR count). The van der Waals surface area contributed by atoms with Gasteiger partial charge in [0.2, 0.25) is 0 Å². The van der Waals surface area contributed by atoms with Crippen molar-refractivity contribution < 1.29 is 18.6 Å². The highest BCUT2D eigenvalue weighted by molar-refractivity contribution is 5.79. The molecular weight excluding hydrogens is 390 g/mol. The topological polar surface area (TPSA) is 69.1 Å². The molecule has 2 aromatic rings. The van der Waals surface area contributed by atoms with Crippen molar-refractivity contribution in [2.75, 3.05) is 32.1 Å². The lowest BCUT2D eigenvalue weighted by Gasteiger charge is -2.17. The van der Waals surface area contributed by atoms with E-state index in [1.807, 2.05) is 21.0 Å². The molecule has 0 amide bonds. The second-order valence-corrected chi connectivity index (χ2v) is 7.04. The Morgan fingerprint density at radius 3 is 2.40 bits per heavy atom. The first kappa shape index (κ1) is 23.4. The minimum absolute atomic E-state index is 0.0551. The Morgan fingerprint density at radius 1 is 1.13 bits per heavy atom. The molecule has 164 valence electrons. The second-order valence-electron chi connectivity index (χ2n) is 7.04. The highest BCUT2D eigenvalue weighted by Crippen LogP contribution is 2.19. The van der Waals surface area contributed by atoms with E-state index < -0.39 is 12.7 Å². The van der Waals surface area contributed by atoms with E-state index in [1.54, 1.807) is 12.1 Å². The maximum Gasteiger partial charge on any atom is 0.387 e. The molecule has 0 heterocycles. The van der Waals surface area contributed by atoms with Crippen LogP contribution in [0.1, 0.15) is 29.7 Å². The molecule has 0 aliphatic rings. The van der Waals surface area contributed by atoms with Gasteiger partial charge in [-0.3, -0.25) is 0 Å². The summed E-state index contributed by atoms with van der Waals surface area (Å²) in [5.41, 5.74) is 4.01. The van der Waals surface area contributed by atoms with Crippen molar-refractivity contribution in [2.24, 2.45) is 4.99 Å². The van der Waals surface area contributed by atoms with Gasteiger partial charge in [-0.15, -0.1) is 0 Å². The largest absolute Gasteiger partial charge is 0.435 e. The van der Waals surface area contributed by atoms with E-state index in [1.165, 1.54) is 12.1 Å². The molecule has 0 spiro atoms. The third-order valence-corrected chi connectivity index (χ3v) is 4.55. The number of rotatable bonds is 9. The van der Waals surface area contributed by atoms with Crippen LogP contribution in [0.5, 0.6) is 5.75 Å². The fraction of sp³-hybridized carbons (Fsp3) is 0.409. The third kappa shape index (κ3) is 7.18. The van der Waals surface area contributed by atoms with Crippen molar-refractivity contribution in [3.63, 3.8) is 0 Å². The fourth-order valence-corrected chi connectivity index (χ4v) is 2.82. The summed E-state index contributed by atoms with van der Waals surface area (Å²) in [5, 5.41) is 16.7. The lowest BCUT2D eigenvalue weighted by atomic mass is 10.1. The van der Waals surface area contributed by atoms with E-state index in [4.69, 9.17) is 0 Å². The van der Waals surface area contributed by atoms with Gasteiger partial charge in [0.25, 0.3) is 0 Å². The number of aryl methyl sites for hydroxylation is 1. The Hall–Kier alpha value is -2.87. The van der Waals surface area contributed by atoms with Crippen LogP contribution < -0.4 is 20.3 Å². The van der Waals surface area contributed by atoms with Gasteiger partial charge in [-0.2, -0.15) is 8.78 Å². The molecule has 1 unspecified atom stereocenters. The Kier molecular flexibility index (Phi) is 8.86. The minimum atomic E-state index is -2.87. The number of nitrogens with one attached hydrogen (secondary N) is 2. The number of aliphatic hydroxyl groups excluding tert-OH is 1. The molecule has 6 nitrogen and oxygen atoms in total. The van der Waals surface area contributed by atoms with Crippen LogP contribution >= 0.6 is 0 Å². The van der Waals surface area contributed by atoms with E-state index in [0.29, 0.717) is 24.6 Å². The number of hydrogen-bond acceptors (Lipinski definition) is 4. The van der Waals surface area contributed by atoms with Crippen LogP contribution in [0, 0.1) is 6.92 Å². The molecule has 0 saturated heterocycles. The molecule has 0 aliphatic heterocycles. The highest BCUT2D eigenvalue weighted by Gasteiger charge is 2.10. The Bertz CT molecular complexity index is 826. The monoisotopic (exact) mass is 420 g/mol. The molecule has 0 saturated carbocycles. The summed E-state index contributed by atoms with van der Waals surface area (Å²) in [5.74, 6) is 0.643. The number of ether oxygens (including phenoxy) is 1. The molecule has 0 aliphatic carbocycles. The number of aliphatic hydroxyl groups is 1. The van der Waals surface area contributed by atoms with Crippen LogP contribution in [0.15, 0.2) is 47.5 Å². The molecule has 3 N–H and O–H groups in total. The number of aliphatic imine (C=N–C) groups is 1. The van der Waals surface area contributed by atoms with Crippen LogP contribution in [-0.4, -0.2) is 44.9 Å². The molecule has 0 radical (unpaired) electrons. The van der Waals surface area contributed by atoms with E-state index in [-0.39, 0.29) is 12.3 Å². The van der Waals surface area contributed by atoms with E-state index >= 15 is 0 Å². The number of anilines is 1. The summed E-state index contributed by atoms with van der Waals surface area (Å²) in [6.45, 7) is 2.56. The van der Waals surface area contributed by atoms with E-state index in [0.717, 1.165) is 16.8 Å². The molecule has 8 heteroatoms. The number of alkyl halides is 2. The lowest BCUT2D eigenvalue weighted by molar-refractivity contribution is -0.0498. The van der Waals surface area contributed by atoms with Crippen molar-refractivity contribution >= 4 is 11.6 Å². The van der Waals surface area contributed by atoms with Gasteiger partial charge in [0.05, 0.1) is 12.6 Å². The van der Waals surface area contributed by atoms with Crippen molar-refractivity contribution in [3.8, 4) is 5.75 Å². The maximum absolute atomic E-state index is 12.2. The first-order chi connectivity index (χ1) is 14.3. The van der Waals surface area contributed by atoms with Crippen molar-refractivity contribution in [1.82, 2.24) is 10.6 Å². The predicted molar refractivity (Wildman–Crippen MR) is 116 cm³/mol. The maximum atomic E-state index is 12.2. The van der Waals surface area contributed by atoms with Gasteiger partial charge in [-0.05, 0) is 54.8 Å². The number of halogens is 2. The number of hydrogen-bond donors (Lipinski definition) is 3. The van der Waals surface area contributed by atoms with Gasteiger partial charge in [-0.1, -0.05) is 18.2 Å². The van der Waals surface area contributed by atoms with E-state index in [2.05, 4.69) is 50.4 Å². The normalized spacial score (nSPS) is 12.6. The Labute approximate surface area is 176 Å². The molecule has 0 aromatic heterocycles. The van der Waals surface area contributed by atoms with Gasteiger partial charge in [0, 0.05) is 32.9 Å². The summed E-state index contributed by atoms with van der Waals surface area (Å²) < 4.78 is 28.8. The summed E-state index contributed by atoms with van der Waals surface area (Å²) >= 11 is 0. The van der Waals surface area contributed by atoms with Gasteiger partial charge in [-0.25, -0.2) is 4.99 Å². The average Bonchev–Trinajstić information content (AvgIpc) is 2.70. The summed E-state index contributed by atoms with van der Waals surface area (Å²) in [4.78, 5) is 6.65. The first-order valence-electron chi connectivity index (χ1n) is 9.82. The third-order valence-electron chi connectivity index (χ3n) is 4.55. The van der Waals surface area contributed by atoms with Gasteiger partial charge in [0.15, 0.2) is 5.96 Å². The van der Waals surface area contributed by atoms with Crippen LogP contribution in [0.3, 0.4) is 0 Å². The summed E-state index contributed by atoms with van der Waals surface area (Å²) in [7, 11) is 4.01. The quantitative estimate of drug-likeness (QED) is 0.428. The SMILES string of the molecule is CCNC(=NCc1ccc(N(C)C)cc1C)NCC(O)c1ccc(OC(F)F)cc1. The standard InChI is InChI=1S/C22H30F2N4O2/c1-5-25-22(26-13-17-6-9-18(28(3)4)12-15(17)2)27-14-20(29)16-7-10-19(11-8-16)30-21(23)24/h6-12,20-21,29H,5,13-14H2,1-4H3,(H2,25,26,27). The Balaban J connectivity index is 1.97. The van der Waals surface area contributed by atoms with Crippen molar-refractivity contribution in [2.45, 2.75) is 33.1 Å². The molecule has 0 fully saturated rings. The average molecular weight is 421 g/mol. The molecule has 2 aromatic carbocycles. The molecule has 0 bridgehead atoms. The smallest absolute Gasteiger partial charge is 0.387 e. The number of benzene rings is 2. The number of guanidine groups is 1. The zero-order valence-corrected chi connectivity index (χ0v) is 17.8. The molecule has 30 heavy (non-hydrogen) atoms. The van der Waals surface area contributed by atoms with Gasteiger partial charge in [0.1, 0.15) is 5.75 Å². The minimum Gasteiger partial charge on any atom is -0.435 e. The highest BCUT2D eigenvalue weighted by atomic mass is 19.3. The fourth-order valence-electron chi connectivity index (χ4n) is 2.82. The molecule has 1 atom stereocenters. The first-order valence-corrected chi connectivity index (χ1v) is 9.82. The molecular formula is C22H30F2N4O2. The zero-order valence-electron chi connectivity index (χ0n) is 17.8. The van der Waals surface area contributed by atoms with Crippen LogP contribution in [0.25, 0.3) is 0 Å². The summed E-state index contributed by atoms with van der Waals surface area (Å²) in [6, 6.07) is 12.2. The van der Waals surface area contributed by atoms with Crippen LogP contribution in [0.2, 0.25) is 0 Å². The van der Waals surface area contributed by atoms with Crippen molar-refractivity contribution in [1.29, 1.82) is 0 Å². The lowest BCUT2D eigenvalue weighted by Crippen LogP contribution is -2.39. The van der Waals surface area contributed by atoms with Crippen molar-refractivity contribution in [3.05, 3.63) is 59.2 Å². The predicted octanol–water partition coefficient (Wildman–Crippen LogP) is 3.45. The van der Waals surface area contributed by atoms with Crippen LogP contribution in [-0.2, 0) is 6.54 Å². The Morgan fingerprint density at radius 2 is 1.83 bits per heavy atom. The zero-order chi connectivity index (χ0) is 22.1. The number of nitrogens with zero attached hydrogens (tertiary/aromatic N) is 2.